The summed E-state index contributed by atoms with van der Waals surface area (Å²) in [6.07, 6.45) is 0. The van der Waals surface area contributed by atoms with Gasteiger partial charge in [0.25, 0.3) is 0 Å². The molecule has 170 valence electrons. The number of hydrogen-bond acceptors (Lipinski definition) is 0. The fourth-order valence-electron chi connectivity index (χ4n) is 7.76. The minimum atomic E-state index is -1.36. The molecule has 0 aromatic rings. The molecule has 0 N–H and O–H groups in total. The highest BCUT2D eigenvalue weighted by molar-refractivity contribution is 8.09. The van der Waals surface area contributed by atoms with E-state index >= 15 is 0 Å². The molecule has 0 fully saturated rings. The minimum Gasteiger partial charge on any atom is -0.0719 e. The van der Waals surface area contributed by atoms with Crippen molar-refractivity contribution in [1.82, 2.24) is 0 Å². The molecule has 0 atom stereocenters. The molecule has 28 heavy (non-hydrogen) atoms. The Kier molecular flexibility index (Phi) is 8.77. The zero-order chi connectivity index (χ0) is 23.4. The van der Waals surface area contributed by atoms with Gasteiger partial charge in [-0.1, -0.05) is 129 Å². The van der Waals surface area contributed by atoms with E-state index in [1.54, 1.807) is 11.3 Å². The lowest BCUT2D eigenvalue weighted by Crippen LogP contribution is -2.97. The molecule has 0 aliphatic carbocycles. The first-order valence-electron chi connectivity index (χ1n) is 11.7. The Morgan fingerprint density at radius 1 is 0.286 bits per heavy atom. The van der Waals surface area contributed by atoms with Crippen molar-refractivity contribution in [2.24, 2.45) is 0 Å². The Balaban J connectivity index is 7.84. The summed E-state index contributed by atoms with van der Waals surface area (Å²) in [5.74, 6) is 0. The molecule has 8 heteroatoms. The van der Waals surface area contributed by atoms with E-state index < -0.39 is 59.8 Å². The highest BCUT2D eigenvalue weighted by Gasteiger charge is 2.74. The van der Waals surface area contributed by atoms with Crippen LogP contribution in [0.3, 0.4) is 0 Å². The first-order chi connectivity index (χ1) is 11.7. The van der Waals surface area contributed by atoms with Gasteiger partial charge in [0.1, 0.15) is 0 Å². The van der Waals surface area contributed by atoms with Crippen molar-refractivity contribution in [2.45, 2.75) is 129 Å². The van der Waals surface area contributed by atoms with Crippen molar-refractivity contribution in [1.29, 1.82) is 0 Å². The van der Waals surface area contributed by atoms with Crippen molar-refractivity contribution in [3.05, 3.63) is 0 Å². The Bertz CT molecular complexity index is 449. The highest BCUT2D eigenvalue weighted by atomic mass is 30.2. The van der Waals surface area contributed by atoms with Crippen LogP contribution in [0.5, 0.6) is 0 Å². The van der Waals surface area contributed by atoms with Crippen LogP contribution in [0, 0.1) is 0 Å². The second kappa shape index (κ2) is 8.26. The first kappa shape index (κ1) is 29.7. The molecule has 0 nitrogen and oxygen atoms in total. The summed E-state index contributed by atoms with van der Waals surface area (Å²) in [4.78, 5) is 0. The molecular formula is C20H58Si8. The van der Waals surface area contributed by atoms with E-state index in [4.69, 9.17) is 0 Å². The first-order valence-corrected chi connectivity index (χ1v) is 42.5. The summed E-state index contributed by atoms with van der Waals surface area (Å²) in [6, 6.07) is 0. The lowest BCUT2D eigenvalue weighted by atomic mass is 11.7. The van der Waals surface area contributed by atoms with Crippen LogP contribution in [0.4, 0.5) is 0 Å². The summed E-state index contributed by atoms with van der Waals surface area (Å²) in [5.41, 5.74) is 3.58. The van der Waals surface area contributed by atoms with Crippen LogP contribution in [0.15, 0.2) is 0 Å². The van der Waals surface area contributed by atoms with Gasteiger partial charge in [0.05, 0.1) is 0 Å². The van der Waals surface area contributed by atoms with Crippen LogP contribution in [0.25, 0.3) is 0 Å². The molecule has 0 amide bonds. The molecule has 0 heterocycles. The molecule has 0 spiro atoms. The minimum absolute atomic E-state index is 1.13. The Labute approximate surface area is 188 Å². The second-order valence-electron chi connectivity index (χ2n) is 16.3. The van der Waals surface area contributed by atoms with Gasteiger partial charge in [-0.3, -0.25) is 0 Å². The molecule has 0 aromatic heterocycles. The molecule has 0 rings (SSSR count). The van der Waals surface area contributed by atoms with E-state index in [0.717, 1.165) is 0 Å². The van der Waals surface area contributed by atoms with Gasteiger partial charge in [-0.25, -0.2) is 0 Å². The van der Waals surface area contributed by atoms with Gasteiger partial charge in [-0.05, 0) is 0 Å². The maximum atomic E-state index is 2.88. The van der Waals surface area contributed by atoms with Crippen molar-refractivity contribution in [2.75, 3.05) is 0 Å². The van der Waals surface area contributed by atoms with Gasteiger partial charge in [-0.15, -0.1) is 0 Å². The van der Waals surface area contributed by atoms with Crippen molar-refractivity contribution >= 4 is 59.8 Å². The molecule has 0 saturated heterocycles. The largest absolute Gasteiger partial charge is 0.0719 e. The fourth-order valence-corrected chi connectivity index (χ4v) is 300. The summed E-state index contributed by atoms with van der Waals surface area (Å²) in [7, 11) is -7.25. The van der Waals surface area contributed by atoms with Crippen LogP contribution >= 0.6 is 0 Å². The summed E-state index contributed by atoms with van der Waals surface area (Å²) in [5, 5.41) is 0. The lowest BCUT2D eigenvalue weighted by molar-refractivity contribution is 1.55. The van der Waals surface area contributed by atoms with Crippen LogP contribution < -0.4 is 0 Å². The molecular weight excluding hydrogens is 465 g/mol. The predicted molar refractivity (Wildman–Crippen MR) is 161 cm³/mol. The molecule has 0 saturated carbocycles. The Hall–Kier alpha value is 1.74. The smallest absolute Gasteiger partial charge is 0.0410 e. The summed E-state index contributed by atoms with van der Waals surface area (Å²) in [6.45, 7) is 48.2. The van der Waals surface area contributed by atoms with Gasteiger partial charge in [-0.2, -0.15) is 0 Å². The van der Waals surface area contributed by atoms with E-state index in [0.29, 0.717) is 0 Å². The topological polar surface area (TPSA) is 0 Å². The second-order valence-corrected chi connectivity index (χ2v) is 93.3. The summed E-state index contributed by atoms with van der Waals surface area (Å²) >= 11 is 0. The number of hydrogen-bond donors (Lipinski definition) is 0. The third kappa shape index (κ3) is 5.75. The van der Waals surface area contributed by atoms with Gasteiger partial charge < -0.3 is 0 Å². The van der Waals surface area contributed by atoms with Gasteiger partial charge >= 0.3 is 0 Å². The molecule has 0 bridgehead atoms. The van der Waals surface area contributed by atoms with Gasteiger partial charge in [0.15, 0.2) is 0 Å². The van der Waals surface area contributed by atoms with Crippen LogP contribution in [0.1, 0.15) is 0 Å². The lowest BCUT2D eigenvalue weighted by Gasteiger charge is -2.71. The fraction of sp³-hybridized carbons (Fsp3) is 1.00. The van der Waals surface area contributed by atoms with E-state index in [1.165, 1.54) is 0 Å². The van der Waals surface area contributed by atoms with Crippen LogP contribution in [-0.4, -0.2) is 59.8 Å². The van der Waals surface area contributed by atoms with E-state index in [1.807, 2.05) is 0 Å². The quantitative estimate of drug-likeness (QED) is 0.267. The van der Waals surface area contributed by atoms with Crippen molar-refractivity contribution < 1.29 is 0 Å². The molecule has 0 aromatic carbocycles. The SMILES string of the molecule is C[Si](C)(C)C[Si]([Si](C)(C)C)([Si](C)(C)C)[Si](C[Si](C)(C)C)([Si](C)(C)C)[Si](C)(C)C. The predicted octanol–water partition coefficient (Wildman–Crippen LogP) is 8.38. The zero-order valence-electron chi connectivity index (χ0n) is 23.4. The maximum Gasteiger partial charge on any atom is 0.0410 e. The Morgan fingerprint density at radius 2 is 0.429 bits per heavy atom. The monoisotopic (exact) mass is 522 g/mol. The van der Waals surface area contributed by atoms with Crippen LogP contribution in [0.2, 0.25) is 129 Å². The average molecular weight is 523 g/mol. The standard InChI is InChI=1S/C20H58Si8/c1-21(2,3)19-27(23(7,8)9,24(10,11)12)28(25(13,14)15,26(16,17)18)20-22(4,5)6/h19-20H2,1-18H3. The molecule has 0 unspecified atom stereocenters. The Morgan fingerprint density at radius 3 is 0.500 bits per heavy atom. The van der Waals surface area contributed by atoms with E-state index in [2.05, 4.69) is 118 Å². The van der Waals surface area contributed by atoms with Crippen molar-refractivity contribution in [3.63, 3.8) is 0 Å². The normalized spacial score (nSPS) is 16.5. The third-order valence-electron chi connectivity index (χ3n) is 7.44. The van der Waals surface area contributed by atoms with Gasteiger partial charge in [0, 0.05) is 59.8 Å². The number of rotatable bonds is 9. The van der Waals surface area contributed by atoms with Gasteiger partial charge in [0.2, 0.25) is 0 Å². The van der Waals surface area contributed by atoms with Crippen LogP contribution in [-0.2, 0) is 0 Å². The maximum absolute atomic E-state index is 2.88. The molecule has 0 aliphatic rings. The van der Waals surface area contributed by atoms with E-state index in [-0.39, 0.29) is 0 Å². The van der Waals surface area contributed by atoms with Crippen molar-refractivity contribution in [3.8, 4) is 0 Å². The average Bonchev–Trinajstić information content (AvgIpc) is 2.24. The highest BCUT2D eigenvalue weighted by Crippen LogP contribution is 2.52. The third-order valence-corrected chi connectivity index (χ3v) is 155. The van der Waals surface area contributed by atoms with E-state index in [9.17, 15) is 0 Å². The molecule has 0 aliphatic heterocycles. The molecule has 0 radical (unpaired) electrons. The summed E-state index contributed by atoms with van der Waals surface area (Å²) < 4.78 is 0. The zero-order valence-corrected chi connectivity index (χ0v) is 31.4.